The molecule has 0 aliphatic rings. The lowest BCUT2D eigenvalue weighted by Crippen LogP contribution is -2.48. The van der Waals surface area contributed by atoms with Crippen molar-refractivity contribution in [2.24, 2.45) is 0 Å². The van der Waals surface area contributed by atoms with E-state index in [0.29, 0.717) is 5.56 Å². The van der Waals surface area contributed by atoms with Crippen molar-refractivity contribution in [2.75, 3.05) is 13.1 Å². The molecule has 2 amide bonds. The molecule has 29 heavy (non-hydrogen) atoms. The molecule has 1 atom stereocenters. The highest BCUT2D eigenvalue weighted by atomic mass is 19.1. The topological polar surface area (TPSA) is 92.8 Å². The minimum Gasteiger partial charge on any atom is -0.458 e. The lowest BCUT2D eigenvalue weighted by molar-refractivity contribution is -0.164. The Balaban J connectivity index is 2.80. The fraction of sp³-hybridized carbons (Fsp3) is 0.524. The van der Waals surface area contributed by atoms with Crippen LogP contribution in [0.25, 0.3) is 0 Å². The van der Waals surface area contributed by atoms with Gasteiger partial charge >= 0.3 is 5.97 Å². The summed E-state index contributed by atoms with van der Waals surface area (Å²) in [6, 6.07) is 4.20. The number of carbonyl (C=O) groups is 4. The molecule has 0 radical (unpaired) electrons. The van der Waals surface area contributed by atoms with E-state index in [4.69, 9.17) is 4.74 Å². The maximum Gasteiger partial charge on any atom is 0.329 e. The molecule has 0 saturated heterocycles. The van der Waals surface area contributed by atoms with Crippen molar-refractivity contribution >= 4 is 23.6 Å². The molecule has 1 unspecified atom stereocenters. The van der Waals surface area contributed by atoms with E-state index in [2.05, 4.69) is 5.32 Å². The van der Waals surface area contributed by atoms with Crippen LogP contribution in [0.2, 0.25) is 0 Å². The number of Topliss-reactive ketones (excluding diaryl/α,β-unsaturated/α-hetero) is 1. The number of esters is 1. The quantitative estimate of drug-likeness (QED) is 0.501. The second-order valence-electron chi connectivity index (χ2n) is 7.71. The number of nitrogens with one attached hydrogen (secondary N) is 1. The van der Waals surface area contributed by atoms with Gasteiger partial charge in [-0.3, -0.25) is 14.4 Å². The SMILES string of the molecule is CC(=O)NCCN(C(=O)CCC(=O)c1ccc(F)cc1)C(C)C(=O)OC(C)(C)C. The van der Waals surface area contributed by atoms with Gasteiger partial charge in [-0.1, -0.05) is 0 Å². The van der Waals surface area contributed by atoms with Crippen molar-refractivity contribution in [2.45, 2.75) is 59.1 Å². The minimum absolute atomic E-state index is 0.0812. The van der Waals surface area contributed by atoms with Gasteiger partial charge in [-0.2, -0.15) is 0 Å². The first kappa shape index (κ1) is 24.3. The smallest absolute Gasteiger partial charge is 0.329 e. The summed E-state index contributed by atoms with van der Waals surface area (Å²) in [5, 5.41) is 2.58. The van der Waals surface area contributed by atoms with E-state index in [0.717, 1.165) is 0 Å². The van der Waals surface area contributed by atoms with Crippen molar-refractivity contribution in [1.82, 2.24) is 10.2 Å². The van der Waals surface area contributed by atoms with Crippen LogP contribution in [0.15, 0.2) is 24.3 Å². The first-order valence-electron chi connectivity index (χ1n) is 9.46. The fourth-order valence-electron chi connectivity index (χ4n) is 2.55. The summed E-state index contributed by atoms with van der Waals surface area (Å²) < 4.78 is 18.3. The zero-order valence-corrected chi connectivity index (χ0v) is 17.6. The van der Waals surface area contributed by atoms with Gasteiger partial charge in [0.15, 0.2) is 5.78 Å². The Labute approximate surface area is 170 Å². The first-order chi connectivity index (χ1) is 13.4. The van der Waals surface area contributed by atoms with E-state index >= 15 is 0 Å². The Kier molecular flexibility index (Phi) is 8.94. The maximum absolute atomic E-state index is 13.0. The molecule has 0 heterocycles. The number of ether oxygens (including phenoxy) is 1. The van der Waals surface area contributed by atoms with E-state index in [1.807, 2.05) is 0 Å². The van der Waals surface area contributed by atoms with Crippen LogP contribution < -0.4 is 5.32 Å². The van der Waals surface area contributed by atoms with Crippen LogP contribution in [0.5, 0.6) is 0 Å². The van der Waals surface area contributed by atoms with Gasteiger partial charge in [0.25, 0.3) is 0 Å². The van der Waals surface area contributed by atoms with Gasteiger partial charge in [0, 0.05) is 38.4 Å². The summed E-state index contributed by atoms with van der Waals surface area (Å²) in [5.41, 5.74) is -0.403. The molecule has 8 heteroatoms. The molecule has 1 N–H and O–H groups in total. The summed E-state index contributed by atoms with van der Waals surface area (Å²) in [6.45, 7) is 8.34. The summed E-state index contributed by atoms with van der Waals surface area (Å²) in [5.74, 6) is -1.99. The second-order valence-corrected chi connectivity index (χ2v) is 7.71. The number of carbonyl (C=O) groups excluding carboxylic acids is 4. The number of halogens is 1. The van der Waals surface area contributed by atoms with Crippen LogP contribution in [0.1, 0.15) is 57.8 Å². The number of hydrogen-bond donors (Lipinski definition) is 1. The molecule has 160 valence electrons. The third-order valence-electron chi connectivity index (χ3n) is 3.99. The molecule has 0 saturated carbocycles. The number of hydrogen-bond acceptors (Lipinski definition) is 5. The van der Waals surface area contributed by atoms with Gasteiger partial charge in [-0.05, 0) is 52.0 Å². The van der Waals surface area contributed by atoms with Crippen LogP contribution in [-0.2, 0) is 19.1 Å². The van der Waals surface area contributed by atoms with Crippen molar-refractivity contribution in [3.8, 4) is 0 Å². The monoisotopic (exact) mass is 408 g/mol. The average molecular weight is 408 g/mol. The highest BCUT2D eigenvalue weighted by Crippen LogP contribution is 2.14. The zero-order chi connectivity index (χ0) is 22.2. The normalized spacial score (nSPS) is 12.1. The van der Waals surface area contributed by atoms with Crippen LogP contribution in [-0.4, -0.2) is 53.2 Å². The zero-order valence-electron chi connectivity index (χ0n) is 17.6. The number of benzene rings is 1. The van der Waals surface area contributed by atoms with E-state index < -0.39 is 29.3 Å². The molecule has 7 nitrogen and oxygen atoms in total. The van der Waals surface area contributed by atoms with Gasteiger partial charge in [0.2, 0.25) is 11.8 Å². The summed E-state index contributed by atoms with van der Waals surface area (Å²) >= 11 is 0. The third kappa shape index (κ3) is 8.85. The molecular weight excluding hydrogens is 379 g/mol. The predicted octanol–water partition coefficient (Wildman–Crippen LogP) is 2.48. The summed E-state index contributed by atoms with van der Waals surface area (Å²) in [4.78, 5) is 49.7. The van der Waals surface area contributed by atoms with E-state index in [1.54, 1.807) is 27.7 Å². The molecule has 1 aromatic carbocycles. The Morgan fingerprint density at radius 3 is 2.21 bits per heavy atom. The maximum atomic E-state index is 13.0. The Morgan fingerprint density at radius 2 is 1.69 bits per heavy atom. The van der Waals surface area contributed by atoms with Crippen molar-refractivity contribution in [3.05, 3.63) is 35.6 Å². The fourth-order valence-corrected chi connectivity index (χ4v) is 2.55. The van der Waals surface area contributed by atoms with E-state index in [-0.39, 0.29) is 37.6 Å². The molecular formula is C21H29FN2O5. The molecule has 0 fully saturated rings. The molecule has 1 aromatic rings. The summed E-state index contributed by atoms with van der Waals surface area (Å²) in [7, 11) is 0. The molecule has 1 rings (SSSR count). The standard InChI is InChI=1S/C21H29FN2O5/c1-14(20(28)29-21(3,4)5)24(13-12-23-15(2)25)19(27)11-10-18(26)16-6-8-17(22)9-7-16/h6-9,14H,10-13H2,1-5H3,(H,23,25). The Bertz CT molecular complexity index is 740. The minimum atomic E-state index is -0.878. The van der Waals surface area contributed by atoms with Gasteiger partial charge < -0.3 is 15.0 Å². The second kappa shape index (κ2) is 10.7. The Morgan fingerprint density at radius 1 is 1.10 bits per heavy atom. The predicted molar refractivity (Wildman–Crippen MR) is 106 cm³/mol. The molecule has 0 spiro atoms. The van der Waals surface area contributed by atoms with Crippen molar-refractivity contribution < 1.29 is 28.3 Å². The van der Waals surface area contributed by atoms with Gasteiger partial charge in [-0.15, -0.1) is 0 Å². The molecule has 0 aromatic heterocycles. The molecule has 0 aliphatic heterocycles. The number of rotatable bonds is 9. The van der Waals surface area contributed by atoms with Crippen LogP contribution in [0.3, 0.4) is 0 Å². The van der Waals surface area contributed by atoms with E-state index in [1.165, 1.54) is 36.1 Å². The van der Waals surface area contributed by atoms with E-state index in [9.17, 15) is 23.6 Å². The van der Waals surface area contributed by atoms with Gasteiger partial charge in [0.05, 0.1) is 0 Å². The molecule has 0 bridgehead atoms. The summed E-state index contributed by atoms with van der Waals surface area (Å²) in [6.07, 6.45) is -0.203. The lowest BCUT2D eigenvalue weighted by atomic mass is 10.1. The van der Waals surface area contributed by atoms with Crippen molar-refractivity contribution in [3.63, 3.8) is 0 Å². The van der Waals surface area contributed by atoms with Crippen LogP contribution in [0.4, 0.5) is 4.39 Å². The lowest BCUT2D eigenvalue weighted by Gasteiger charge is -2.30. The average Bonchev–Trinajstić information content (AvgIpc) is 2.61. The van der Waals surface area contributed by atoms with Gasteiger partial charge in [-0.25, -0.2) is 9.18 Å². The van der Waals surface area contributed by atoms with Crippen LogP contribution in [0, 0.1) is 5.82 Å². The van der Waals surface area contributed by atoms with Crippen LogP contribution >= 0.6 is 0 Å². The van der Waals surface area contributed by atoms with Gasteiger partial charge in [0.1, 0.15) is 17.5 Å². The number of nitrogens with zero attached hydrogens (tertiary/aromatic N) is 1. The first-order valence-corrected chi connectivity index (χ1v) is 9.46. The van der Waals surface area contributed by atoms with Crippen molar-refractivity contribution in [1.29, 1.82) is 0 Å². The highest BCUT2D eigenvalue weighted by Gasteiger charge is 2.29. The number of ketones is 1. The third-order valence-corrected chi connectivity index (χ3v) is 3.99. The Hall–Kier alpha value is -2.77. The number of amides is 2. The highest BCUT2D eigenvalue weighted by molar-refractivity contribution is 5.98. The largest absolute Gasteiger partial charge is 0.458 e. The molecule has 0 aliphatic carbocycles.